The van der Waals surface area contributed by atoms with Gasteiger partial charge in [-0.25, -0.2) is 4.98 Å². The zero-order chi connectivity index (χ0) is 15.2. The molecule has 1 aromatic carbocycles. The van der Waals surface area contributed by atoms with E-state index < -0.39 is 0 Å². The van der Waals surface area contributed by atoms with E-state index in [4.69, 9.17) is 0 Å². The lowest BCUT2D eigenvalue weighted by molar-refractivity contribution is 0.102. The van der Waals surface area contributed by atoms with Gasteiger partial charge in [-0.15, -0.1) is 0 Å². The monoisotopic (exact) mass is 283 g/mol. The smallest absolute Gasteiger partial charge is 0.275 e. The van der Waals surface area contributed by atoms with Gasteiger partial charge in [0.2, 0.25) is 0 Å². The average Bonchev–Trinajstić information content (AvgIpc) is 2.55. The van der Waals surface area contributed by atoms with E-state index in [1.165, 1.54) is 18.6 Å². The van der Waals surface area contributed by atoms with Crippen molar-refractivity contribution in [2.75, 3.05) is 24.3 Å². The van der Waals surface area contributed by atoms with Crippen molar-refractivity contribution >= 4 is 23.1 Å². The second kappa shape index (κ2) is 6.60. The van der Waals surface area contributed by atoms with Crippen LogP contribution in [0.5, 0.6) is 0 Å². The number of anilines is 2. The van der Waals surface area contributed by atoms with E-state index >= 15 is 0 Å². The van der Waals surface area contributed by atoms with Crippen LogP contribution in [0.4, 0.5) is 11.4 Å². The molecule has 0 radical (unpaired) electrons. The largest absolute Gasteiger partial charge is 0.334 e. The predicted molar refractivity (Wildman–Crippen MR) is 83.9 cm³/mol. The molecule has 0 unspecified atom stereocenters. The number of amides is 1. The van der Waals surface area contributed by atoms with Gasteiger partial charge in [-0.1, -0.05) is 0 Å². The Balaban J connectivity index is 2.08. The molecule has 0 fully saturated rings. The summed E-state index contributed by atoms with van der Waals surface area (Å²) >= 11 is 0. The van der Waals surface area contributed by atoms with E-state index in [0.29, 0.717) is 5.69 Å². The Bertz CT molecular complexity index is 637. The minimum atomic E-state index is -0.282. The number of hydrogen-bond acceptors (Lipinski definition) is 4. The maximum atomic E-state index is 11.9. The Kier molecular flexibility index (Phi) is 4.61. The van der Waals surface area contributed by atoms with Crippen molar-refractivity contribution in [3.8, 4) is 0 Å². The third kappa shape index (κ3) is 3.62. The summed E-state index contributed by atoms with van der Waals surface area (Å²) in [5.74, 6) is 0.627. The molecule has 6 heteroatoms. The molecule has 1 N–H and O–H groups in total. The number of carbonyl (C=O) groups is 1. The maximum Gasteiger partial charge on any atom is 0.275 e. The van der Waals surface area contributed by atoms with Crippen LogP contribution in [0, 0.1) is 0 Å². The predicted octanol–water partition coefficient (Wildman–Crippen LogP) is 2.21. The van der Waals surface area contributed by atoms with Gasteiger partial charge < -0.3 is 10.2 Å². The van der Waals surface area contributed by atoms with Gasteiger partial charge >= 0.3 is 0 Å². The summed E-state index contributed by atoms with van der Waals surface area (Å²) in [6.07, 6.45) is 4.44. The van der Waals surface area contributed by atoms with Gasteiger partial charge in [0.25, 0.3) is 5.91 Å². The van der Waals surface area contributed by atoms with Crippen LogP contribution in [0.2, 0.25) is 0 Å². The first-order valence-electron chi connectivity index (χ1n) is 6.46. The third-order valence-corrected chi connectivity index (χ3v) is 3.12. The van der Waals surface area contributed by atoms with Crippen molar-refractivity contribution in [1.82, 2.24) is 9.97 Å². The van der Waals surface area contributed by atoms with Gasteiger partial charge in [-0.2, -0.15) is 0 Å². The molecule has 108 valence electrons. The third-order valence-electron chi connectivity index (χ3n) is 3.12. The number of nitrogens with zero attached hydrogens (tertiary/aromatic N) is 4. The van der Waals surface area contributed by atoms with E-state index in [1.54, 1.807) is 7.05 Å². The van der Waals surface area contributed by atoms with Crippen molar-refractivity contribution in [3.63, 3.8) is 0 Å². The van der Waals surface area contributed by atoms with Gasteiger partial charge in [0.05, 0.1) is 12.0 Å². The second-order valence-electron chi connectivity index (χ2n) is 4.42. The lowest BCUT2D eigenvalue weighted by Gasteiger charge is -2.18. The first-order chi connectivity index (χ1) is 10.1. The average molecular weight is 283 g/mol. The summed E-state index contributed by atoms with van der Waals surface area (Å²) in [6, 6.07) is 7.51. The highest BCUT2D eigenvalue weighted by atomic mass is 16.1. The quantitative estimate of drug-likeness (QED) is 0.692. The van der Waals surface area contributed by atoms with E-state index in [9.17, 15) is 4.79 Å². The first-order valence-corrected chi connectivity index (χ1v) is 6.46. The molecule has 1 amide bonds. The van der Waals surface area contributed by atoms with Crippen LogP contribution in [-0.2, 0) is 0 Å². The van der Waals surface area contributed by atoms with Crippen molar-refractivity contribution in [2.24, 2.45) is 4.99 Å². The fourth-order valence-electron chi connectivity index (χ4n) is 1.72. The molecule has 0 saturated carbocycles. The Morgan fingerprint density at radius 3 is 2.52 bits per heavy atom. The SMILES string of the molecule is CN=C(C)N(C)c1ccc(NC(=O)c2cnccn2)cc1. The van der Waals surface area contributed by atoms with Gasteiger partial charge in [0.15, 0.2) is 0 Å². The molecule has 0 spiro atoms. The number of aromatic nitrogens is 2. The molecule has 0 saturated heterocycles. The molecular formula is C15H17N5O. The van der Waals surface area contributed by atoms with Gasteiger partial charge in [0.1, 0.15) is 5.69 Å². The standard InChI is InChI=1S/C15H17N5O/c1-11(16-2)20(3)13-6-4-12(5-7-13)19-15(21)14-10-17-8-9-18-14/h4-10H,1-3H3,(H,19,21). The van der Waals surface area contributed by atoms with Crippen LogP contribution in [0.25, 0.3) is 0 Å². The number of carbonyl (C=O) groups excluding carboxylic acids is 1. The van der Waals surface area contributed by atoms with E-state index in [0.717, 1.165) is 11.5 Å². The van der Waals surface area contributed by atoms with Crippen molar-refractivity contribution in [1.29, 1.82) is 0 Å². The molecular weight excluding hydrogens is 266 g/mol. The van der Waals surface area contributed by atoms with Crippen LogP contribution >= 0.6 is 0 Å². The van der Waals surface area contributed by atoms with Crippen LogP contribution < -0.4 is 10.2 Å². The number of nitrogens with one attached hydrogen (secondary N) is 1. The molecule has 2 aromatic rings. The molecule has 1 aromatic heterocycles. The van der Waals surface area contributed by atoms with Crippen LogP contribution in [-0.4, -0.2) is 35.8 Å². The van der Waals surface area contributed by atoms with E-state index in [2.05, 4.69) is 20.3 Å². The fourth-order valence-corrected chi connectivity index (χ4v) is 1.72. The summed E-state index contributed by atoms with van der Waals surface area (Å²) in [6.45, 7) is 1.93. The van der Waals surface area contributed by atoms with Crippen molar-refractivity contribution in [3.05, 3.63) is 48.5 Å². The Morgan fingerprint density at radius 1 is 1.24 bits per heavy atom. The lowest BCUT2D eigenvalue weighted by atomic mass is 10.2. The highest BCUT2D eigenvalue weighted by molar-refractivity contribution is 6.03. The van der Waals surface area contributed by atoms with Crippen LogP contribution in [0.15, 0.2) is 47.8 Å². The lowest BCUT2D eigenvalue weighted by Crippen LogP contribution is -2.23. The van der Waals surface area contributed by atoms with Gasteiger partial charge in [-0.3, -0.25) is 14.8 Å². The highest BCUT2D eigenvalue weighted by Crippen LogP contribution is 2.17. The number of rotatable bonds is 3. The van der Waals surface area contributed by atoms with E-state index in [1.807, 2.05) is 43.1 Å². The van der Waals surface area contributed by atoms with Crippen LogP contribution in [0.3, 0.4) is 0 Å². The summed E-state index contributed by atoms with van der Waals surface area (Å²) < 4.78 is 0. The molecule has 0 bridgehead atoms. The first kappa shape index (κ1) is 14.6. The maximum absolute atomic E-state index is 11.9. The highest BCUT2D eigenvalue weighted by Gasteiger charge is 2.08. The van der Waals surface area contributed by atoms with E-state index in [-0.39, 0.29) is 11.6 Å². The molecule has 0 aliphatic rings. The molecule has 0 atom stereocenters. The minimum Gasteiger partial charge on any atom is -0.334 e. The zero-order valence-corrected chi connectivity index (χ0v) is 12.2. The summed E-state index contributed by atoms with van der Waals surface area (Å²) in [4.78, 5) is 25.9. The normalized spacial score (nSPS) is 11.1. The fraction of sp³-hybridized carbons (Fsp3) is 0.200. The number of aliphatic imine (C=N–C) groups is 1. The van der Waals surface area contributed by atoms with Crippen LogP contribution in [0.1, 0.15) is 17.4 Å². The Hall–Kier alpha value is -2.76. The molecule has 21 heavy (non-hydrogen) atoms. The molecule has 2 rings (SSSR count). The summed E-state index contributed by atoms with van der Waals surface area (Å²) in [5.41, 5.74) is 1.98. The molecule has 0 aliphatic heterocycles. The topological polar surface area (TPSA) is 70.5 Å². The zero-order valence-electron chi connectivity index (χ0n) is 12.2. The number of amidine groups is 1. The van der Waals surface area contributed by atoms with Gasteiger partial charge in [-0.05, 0) is 31.2 Å². The second-order valence-corrected chi connectivity index (χ2v) is 4.42. The van der Waals surface area contributed by atoms with Crippen molar-refractivity contribution < 1.29 is 4.79 Å². The molecule has 6 nitrogen and oxygen atoms in total. The Morgan fingerprint density at radius 2 is 1.95 bits per heavy atom. The Labute approximate surface area is 123 Å². The number of hydrogen-bond donors (Lipinski definition) is 1. The molecule has 0 aliphatic carbocycles. The van der Waals surface area contributed by atoms with Gasteiger partial charge in [0, 0.05) is 37.9 Å². The minimum absolute atomic E-state index is 0.282. The number of benzene rings is 1. The molecule has 1 heterocycles. The summed E-state index contributed by atoms with van der Waals surface area (Å²) in [7, 11) is 3.69. The summed E-state index contributed by atoms with van der Waals surface area (Å²) in [5, 5.41) is 2.78. The van der Waals surface area contributed by atoms with Crippen molar-refractivity contribution in [2.45, 2.75) is 6.92 Å².